The van der Waals surface area contributed by atoms with Crippen molar-refractivity contribution in [1.82, 2.24) is 9.88 Å². The molecule has 1 unspecified atom stereocenters. The number of benzene rings is 1. The molecule has 1 aromatic heterocycles. The standard InChI is InChI=1S/C25H31N3O4/c1-16-12-22(29)23(21(15-32-2)28(16)14-17-8-4-3-5-9-17)25(31)26-13-19-18-10-6-7-11-20(18)27-24(19)30/h6-7,10-12,17,19H,3-5,8-9,13-15H2,1-2H3,(H,26,31)(H,27,30). The molecule has 0 bridgehead atoms. The van der Waals surface area contributed by atoms with Crippen LogP contribution in [-0.4, -0.2) is 30.0 Å². The summed E-state index contributed by atoms with van der Waals surface area (Å²) < 4.78 is 7.47. The zero-order valence-electron chi connectivity index (χ0n) is 18.8. The fourth-order valence-electron chi connectivity index (χ4n) is 5.00. The first-order valence-electron chi connectivity index (χ1n) is 11.4. The molecule has 1 aliphatic heterocycles. The summed E-state index contributed by atoms with van der Waals surface area (Å²) in [5.41, 5.74) is 2.86. The molecular formula is C25H31N3O4. The fourth-order valence-corrected chi connectivity index (χ4v) is 5.00. The van der Waals surface area contributed by atoms with Crippen LogP contribution in [0.2, 0.25) is 0 Å². The van der Waals surface area contributed by atoms with Crippen molar-refractivity contribution < 1.29 is 14.3 Å². The largest absolute Gasteiger partial charge is 0.378 e. The molecule has 170 valence electrons. The number of fused-ring (bicyclic) bond motifs is 1. The van der Waals surface area contributed by atoms with Crippen LogP contribution in [0.1, 0.15) is 65.3 Å². The summed E-state index contributed by atoms with van der Waals surface area (Å²) in [6, 6.07) is 8.99. The van der Waals surface area contributed by atoms with Gasteiger partial charge in [-0.2, -0.15) is 0 Å². The Bertz CT molecular complexity index is 1070. The van der Waals surface area contributed by atoms with Gasteiger partial charge in [-0.1, -0.05) is 37.5 Å². The van der Waals surface area contributed by atoms with E-state index in [1.807, 2.05) is 31.2 Å². The number of nitrogens with one attached hydrogen (secondary N) is 2. The molecule has 2 aromatic rings. The van der Waals surface area contributed by atoms with Crippen LogP contribution < -0.4 is 16.1 Å². The number of carbonyl (C=O) groups is 2. The number of nitrogens with zero attached hydrogens (tertiary/aromatic N) is 1. The van der Waals surface area contributed by atoms with E-state index >= 15 is 0 Å². The Hall–Kier alpha value is -2.93. The number of aromatic nitrogens is 1. The van der Waals surface area contributed by atoms with Crippen LogP contribution in [0.3, 0.4) is 0 Å². The van der Waals surface area contributed by atoms with Crippen molar-refractivity contribution in [3.05, 3.63) is 63.1 Å². The zero-order chi connectivity index (χ0) is 22.7. The van der Waals surface area contributed by atoms with Gasteiger partial charge >= 0.3 is 0 Å². The van der Waals surface area contributed by atoms with E-state index in [0.717, 1.165) is 36.3 Å². The second-order valence-corrected chi connectivity index (χ2v) is 8.86. The normalized spacial score (nSPS) is 18.3. The van der Waals surface area contributed by atoms with Gasteiger partial charge in [-0.05, 0) is 37.3 Å². The molecule has 7 nitrogen and oxygen atoms in total. The number of ether oxygens (including phenoxy) is 1. The lowest BCUT2D eigenvalue weighted by Crippen LogP contribution is -2.36. The number of methoxy groups -OCH3 is 1. The highest BCUT2D eigenvalue weighted by atomic mass is 16.5. The number of rotatable bonds is 7. The van der Waals surface area contributed by atoms with Gasteiger partial charge in [-0.25, -0.2) is 0 Å². The smallest absolute Gasteiger partial charge is 0.257 e. The Kier molecular flexibility index (Phi) is 6.74. The minimum atomic E-state index is -0.476. The lowest BCUT2D eigenvalue weighted by atomic mass is 9.89. The maximum atomic E-state index is 13.2. The molecule has 0 saturated heterocycles. The average Bonchev–Trinajstić information content (AvgIpc) is 3.10. The van der Waals surface area contributed by atoms with Crippen LogP contribution in [0.15, 0.2) is 35.1 Å². The highest BCUT2D eigenvalue weighted by Gasteiger charge is 2.31. The zero-order valence-corrected chi connectivity index (χ0v) is 18.8. The summed E-state index contributed by atoms with van der Waals surface area (Å²) in [4.78, 5) is 38.4. The number of para-hydroxylation sites is 1. The van der Waals surface area contributed by atoms with E-state index in [2.05, 4.69) is 15.2 Å². The number of anilines is 1. The molecule has 0 radical (unpaired) electrons. The van der Waals surface area contributed by atoms with Crippen molar-refractivity contribution >= 4 is 17.5 Å². The first-order valence-corrected chi connectivity index (χ1v) is 11.4. The Morgan fingerprint density at radius 2 is 1.94 bits per heavy atom. The van der Waals surface area contributed by atoms with Crippen molar-refractivity contribution in [3.8, 4) is 0 Å². The average molecular weight is 438 g/mol. The third-order valence-corrected chi connectivity index (χ3v) is 6.68. The van der Waals surface area contributed by atoms with E-state index in [1.165, 1.54) is 25.3 Å². The van der Waals surface area contributed by atoms with E-state index in [9.17, 15) is 14.4 Å². The van der Waals surface area contributed by atoms with E-state index in [1.54, 1.807) is 7.11 Å². The summed E-state index contributed by atoms with van der Waals surface area (Å²) in [6.45, 7) is 3.00. The molecule has 2 N–H and O–H groups in total. The maximum absolute atomic E-state index is 13.2. The van der Waals surface area contributed by atoms with Crippen molar-refractivity contribution in [2.75, 3.05) is 19.0 Å². The number of hydrogen-bond donors (Lipinski definition) is 2. The monoisotopic (exact) mass is 437 g/mol. The molecule has 0 spiro atoms. The predicted molar refractivity (Wildman–Crippen MR) is 123 cm³/mol. The van der Waals surface area contributed by atoms with Gasteiger partial charge in [0, 0.05) is 37.6 Å². The van der Waals surface area contributed by atoms with E-state index < -0.39 is 11.8 Å². The molecule has 2 amide bonds. The molecule has 1 atom stereocenters. The number of aryl methyl sites for hydroxylation is 1. The highest BCUT2D eigenvalue weighted by molar-refractivity contribution is 6.03. The predicted octanol–water partition coefficient (Wildman–Crippen LogP) is 3.35. The lowest BCUT2D eigenvalue weighted by molar-refractivity contribution is -0.116. The summed E-state index contributed by atoms with van der Waals surface area (Å²) in [7, 11) is 1.57. The lowest BCUT2D eigenvalue weighted by Gasteiger charge is -2.27. The van der Waals surface area contributed by atoms with Crippen LogP contribution in [0.4, 0.5) is 5.69 Å². The van der Waals surface area contributed by atoms with E-state index in [4.69, 9.17) is 4.74 Å². The van der Waals surface area contributed by atoms with Gasteiger partial charge in [-0.15, -0.1) is 0 Å². The van der Waals surface area contributed by atoms with Crippen molar-refractivity contribution in [1.29, 1.82) is 0 Å². The van der Waals surface area contributed by atoms with Crippen LogP contribution in [-0.2, 0) is 22.7 Å². The molecule has 2 aliphatic rings. The molecule has 1 saturated carbocycles. The number of hydrogen-bond acceptors (Lipinski definition) is 4. The van der Waals surface area contributed by atoms with Crippen LogP contribution in [0.25, 0.3) is 0 Å². The van der Waals surface area contributed by atoms with E-state index in [-0.39, 0.29) is 30.1 Å². The SMILES string of the molecule is COCc1c(C(=O)NCC2C(=O)Nc3ccccc32)c(=O)cc(C)n1CC1CCCCC1. The van der Waals surface area contributed by atoms with Gasteiger partial charge in [0.05, 0.1) is 18.2 Å². The van der Waals surface area contributed by atoms with Crippen LogP contribution in [0.5, 0.6) is 0 Å². The van der Waals surface area contributed by atoms with Gasteiger partial charge in [0.15, 0.2) is 5.43 Å². The van der Waals surface area contributed by atoms with Gasteiger partial charge in [-0.3, -0.25) is 14.4 Å². The minimum absolute atomic E-state index is 0.111. The van der Waals surface area contributed by atoms with Crippen molar-refractivity contribution in [3.63, 3.8) is 0 Å². The molecule has 1 fully saturated rings. The molecular weight excluding hydrogens is 406 g/mol. The summed E-state index contributed by atoms with van der Waals surface area (Å²) in [5, 5.41) is 5.67. The quantitative estimate of drug-likeness (QED) is 0.695. The molecule has 1 aliphatic carbocycles. The molecule has 7 heteroatoms. The van der Waals surface area contributed by atoms with Gasteiger partial charge in [0.25, 0.3) is 5.91 Å². The van der Waals surface area contributed by atoms with Gasteiger partial charge < -0.3 is 19.9 Å². The maximum Gasteiger partial charge on any atom is 0.257 e. The minimum Gasteiger partial charge on any atom is -0.378 e. The van der Waals surface area contributed by atoms with Crippen LogP contribution in [0, 0.1) is 12.8 Å². The fraction of sp³-hybridized carbons (Fsp3) is 0.480. The molecule has 1 aromatic carbocycles. The Morgan fingerprint density at radius 1 is 1.19 bits per heavy atom. The van der Waals surface area contributed by atoms with Gasteiger partial charge in [0.1, 0.15) is 5.56 Å². The Morgan fingerprint density at radius 3 is 2.69 bits per heavy atom. The Balaban J connectivity index is 1.59. The van der Waals surface area contributed by atoms with E-state index in [0.29, 0.717) is 11.6 Å². The third kappa shape index (κ3) is 4.48. The highest BCUT2D eigenvalue weighted by Crippen LogP contribution is 2.31. The first kappa shape index (κ1) is 22.3. The number of amides is 2. The molecule has 32 heavy (non-hydrogen) atoms. The summed E-state index contributed by atoms with van der Waals surface area (Å²) >= 11 is 0. The topological polar surface area (TPSA) is 89.4 Å². The summed E-state index contributed by atoms with van der Waals surface area (Å²) in [6.07, 6.45) is 6.05. The second kappa shape index (κ2) is 9.69. The van der Waals surface area contributed by atoms with Gasteiger partial charge in [0.2, 0.25) is 5.91 Å². The Labute approximate surface area is 188 Å². The first-order chi connectivity index (χ1) is 15.5. The second-order valence-electron chi connectivity index (χ2n) is 8.86. The number of carbonyl (C=O) groups excluding carboxylic acids is 2. The summed E-state index contributed by atoms with van der Waals surface area (Å²) in [5.74, 6) is -0.551. The van der Waals surface area contributed by atoms with Crippen molar-refractivity contribution in [2.24, 2.45) is 5.92 Å². The van der Waals surface area contributed by atoms with Crippen molar-refractivity contribution in [2.45, 2.75) is 58.1 Å². The third-order valence-electron chi connectivity index (χ3n) is 6.68. The molecule has 4 rings (SSSR count). The van der Waals surface area contributed by atoms with Crippen LogP contribution >= 0.6 is 0 Å². The number of pyridine rings is 1. The molecule has 2 heterocycles.